The Morgan fingerprint density at radius 1 is 1.03 bits per heavy atom. The number of nitrogens with one attached hydrogen (secondary N) is 1. The summed E-state index contributed by atoms with van der Waals surface area (Å²) in [6.07, 6.45) is 5.19. The van der Waals surface area contributed by atoms with Crippen LogP contribution >= 0.6 is 0 Å². The minimum atomic E-state index is -3.66. The van der Waals surface area contributed by atoms with Crippen LogP contribution in [0, 0.1) is 13.8 Å². The Labute approximate surface area is 186 Å². The van der Waals surface area contributed by atoms with Crippen LogP contribution in [0.3, 0.4) is 0 Å². The molecule has 1 amide bonds. The van der Waals surface area contributed by atoms with E-state index in [1.165, 1.54) is 23.6 Å². The lowest BCUT2D eigenvalue weighted by molar-refractivity contribution is -0.117. The zero-order valence-corrected chi connectivity index (χ0v) is 19.7. The molecule has 0 aliphatic carbocycles. The maximum absolute atomic E-state index is 13.1. The van der Waals surface area contributed by atoms with Crippen molar-refractivity contribution in [1.82, 2.24) is 0 Å². The molecule has 31 heavy (non-hydrogen) atoms. The van der Waals surface area contributed by atoms with Gasteiger partial charge in [0.25, 0.3) is 0 Å². The van der Waals surface area contributed by atoms with Gasteiger partial charge in [0, 0.05) is 24.5 Å². The lowest BCUT2D eigenvalue weighted by Gasteiger charge is -2.31. The summed E-state index contributed by atoms with van der Waals surface area (Å²) >= 11 is 0. The second kappa shape index (κ2) is 9.73. The van der Waals surface area contributed by atoms with Crippen molar-refractivity contribution < 1.29 is 13.2 Å². The second-order valence-corrected chi connectivity index (χ2v) is 10.3. The monoisotopic (exact) mass is 443 g/mol. The summed E-state index contributed by atoms with van der Waals surface area (Å²) in [5.74, 6) is -0.335. The zero-order chi connectivity index (χ0) is 22.6. The third-order valence-electron chi connectivity index (χ3n) is 5.65. The largest absolute Gasteiger partial charge is 0.372 e. The van der Waals surface area contributed by atoms with Gasteiger partial charge < -0.3 is 10.2 Å². The van der Waals surface area contributed by atoms with E-state index in [0.29, 0.717) is 17.8 Å². The molecule has 1 heterocycles. The lowest BCUT2D eigenvalue weighted by Crippen LogP contribution is -2.47. The Morgan fingerprint density at radius 2 is 1.61 bits per heavy atom. The summed E-state index contributed by atoms with van der Waals surface area (Å²) in [6.45, 7) is 7.78. The molecule has 0 bridgehead atoms. The minimum Gasteiger partial charge on any atom is -0.372 e. The molecule has 0 saturated carbocycles. The van der Waals surface area contributed by atoms with Crippen molar-refractivity contribution in [2.24, 2.45) is 0 Å². The van der Waals surface area contributed by atoms with Crippen LogP contribution < -0.4 is 14.5 Å². The fourth-order valence-corrected chi connectivity index (χ4v) is 5.47. The molecule has 7 heteroatoms. The zero-order valence-electron chi connectivity index (χ0n) is 18.9. The predicted octanol–water partition coefficient (Wildman–Crippen LogP) is 4.48. The van der Waals surface area contributed by atoms with Crippen LogP contribution in [0.25, 0.3) is 0 Å². The Morgan fingerprint density at radius 3 is 2.13 bits per heavy atom. The third kappa shape index (κ3) is 5.79. The molecular formula is C24H33N3O3S. The molecule has 0 aromatic heterocycles. The number of carbonyl (C=O) groups excluding carboxylic acids is 1. The van der Waals surface area contributed by atoms with Crippen LogP contribution in [0.2, 0.25) is 0 Å². The van der Waals surface area contributed by atoms with Gasteiger partial charge in [-0.15, -0.1) is 0 Å². The number of nitrogens with zero attached hydrogens (tertiary/aromatic N) is 2. The topological polar surface area (TPSA) is 69.7 Å². The van der Waals surface area contributed by atoms with Gasteiger partial charge in [-0.25, -0.2) is 8.42 Å². The van der Waals surface area contributed by atoms with Crippen molar-refractivity contribution in [2.45, 2.75) is 52.5 Å². The Kier molecular flexibility index (Phi) is 7.26. The van der Waals surface area contributed by atoms with Gasteiger partial charge >= 0.3 is 0 Å². The highest BCUT2D eigenvalue weighted by Gasteiger charge is 2.31. The van der Waals surface area contributed by atoms with Gasteiger partial charge in [-0.05, 0) is 87.1 Å². The Hall–Kier alpha value is -2.54. The number of piperidine rings is 1. The van der Waals surface area contributed by atoms with Gasteiger partial charge in [0.15, 0.2) is 0 Å². The summed E-state index contributed by atoms with van der Waals surface area (Å²) in [4.78, 5) is 15.5. The molecule has 3 rings (SSSR count). The van der Waals surface area contributed by atoms with Crippen molar-refractivity contribution in [2.75, 3.05) is 33.9 Å². The van der Waals surface area contributed by atoms with Crippen LogP contribution in [-0.4, -0.2) is 39.7 Å². The number of aryl methyl sites for hydroxylation is 2. The molecular weight excluding hydrogens is 410 g/mol. The summed E-state index contributed by atoms with van der Waals surface area (Å²) in [5, 5.41) is 2.91. The molecule has 0 spiro atoms. The number of carbonyl (C=O) groups is 1. The molecule has 1 aliphatic rings. The molecule has 2 aromatic carbocycles. The van der Waals surface area contributed by atoms with Crippen molar-refractivity contribution in [3.8, 4) is 0 Å². The summed E-state index contributed by atoms with van der Waals surface area (Å²) < 4.78 is 26.6. The van der Waals surface area contributed by atoms with Crippen LogP contribution in [-0.2, 0) is 14.8 Å². The molecule has 2 aromatic rings. The lowest BCUT2D eigenvalue weighted by atomic mass is 10.1. The minimum absolute atomic E-state index is 0.335. The van der Waals surface area contributed by atoms with E-state index >= 15 is 0 Å². The predicted molar refractivity (Wildman–Crippen MR) is 128 cm³/mol. The fraction of sp³-hybridized carbons (Fsp3) is 0.458. The summed E-state index contributed by atoms with van der Waals surface area (Å²) in [6, 6.07) is 12.5. The highest BCUT2D eigenvalue weighted by atomic mass is 32.2. The molecule has 1 fully saturated rings. The number of rotatable bonds is 7. The average Bonchev–Trinajstić information content (AvgIpc) is 2.71. The molecule has 0 unspecified atom stereocenters. The van der Waals surface area contributed by atoms with Gasteiger partial charge in [0.05, 0.1) is 11.9 Å². The van der Waals surface area contributed by atoms with Crippen LogP contribution in [0.1, 0.15) is 43.7 Å². The van der Waals surface area contributed by atoms with E-state index in [0.717, 1.165) is 36.2 Å². The van der Waals surface area contributed by atoms with E-state index in [-0.39, 0.29) is 5.91 Å². The van der Waals surface area contributed by atoms with E-state index < -0.39 is 16.1 Å². The van der Waals surface area contributed by atoms with E-state index in [1.54, 1.807) is 12.1 Å². The van der Waals surface area contributed by atoms with Gasteiger partial charge in [-0.1, -0.05) is 13.0 Å². The van der Waals surface area contributed by atoms with Gasteiger partial charge in [0.1, 0.15) is 6.04 Å². The van der Waals surface area contributed by atoms with Crippen molar-refractivity contribution in [3.63, 3.8) is 0 Å². The first kappa shape index (κ1) is 23.1. The van der Waals surface area contributed by atoms with Crippen molar-refractivity contribution in [1.29, 1.82) is 0 Å². The standard InChI is InChI=1S/C24H33N3O3S/c1-5-23(27(31(4,29)30)22-16-18(2)15-19(3)17-22)24(28)25-20-9-11-21(12-10-20)26-13-7-6-8-14-26/h9-12,15-17,23H,5-8,13-14H2,1-4H3,(H,25,28)/t23-/m0/s1. The molecule has 1 saturated heterocycles. The SMILES string of the molecule is CC[C@@H](C(=O)Nc1ccc(N2CCCCC2)cc1)N(c1cc(C)cc(C)c1)S(C)(=O)=O. The molecule has 0 radical (unpaired) electrons. The second-order valence-electron chi connectivity index (χ2n) is 8.41. The van der Waals surface area contributed by atoms with Crippen LogP contribution in [0.5, 0.6) is 0 Å². The van der Waals surface area contributed by atoms with Crippen LogP contribution in [0.4, 0.5) is 17.1 Å². The molecule has 1 N–H and O–H groups in total. The van der Waals surface area contributed by atoms with E-state index in [9.17, 15) is 13.2 Å². The maximum Gasteiger partial charge on any atom is 0.248 e. The van der Waals surface area contributed by atoms with E-state index in [1.807, 2.05) is 51.1 Å². The molecule has 1 aliphatic heterocycles. The van der Waals surface area contributed by atoms with Crippen molar-refractivity contribution in [3.05, 3.63) is 53.6 Å². The summed E-state index contributed by atoms with van der Waals surface area (Å²) in [7, 11) is -3.66. The average molecular weight is 444 g/mol. The quantitative estimate of drug-likeness (QED) is 0.685. The fourth-order valence-electron chi connectivity index (χ4n) is 4.27. The van der Waals surface area contributed by atoms with Gasteiger partial charge in [-0.2, -0.15) is 0 Å². The molecule has 6 nitrogen and oxygen atoms in total. The number of amides is 1. The van der Waals surface area contributed by atoms with Gasteiger partial charge in [0.2, 0.25) is 15.9 Å². The first-order valence-corrected chi connectivity index (χ1v) is 12.8. The number of sulfonamides is 1. The smallest absolute Gasteiger partial charge is 0.248 e. The third-order valence-corrected chi connectivity index (χ3v) is 6.83. The maximum atomic E-state index is 13.1. The number of hydrogen-bond donors (Lipinski definition) is 1. The number of anilines is 3. The normalized spacial score (nSPS) is 15.4. The highest BCUT2D eigenvalue weighted by Crippen LogP contribution is 2.26. The first-order valence-electron chi connectivity index (χ1n) is 10.9. The Balaban J connectivity index is 1.81. The Bertz CT molecular complexity index is 993. The highest BCUT2D eigenvalue weighted by molar-refractivity contribution is 7.92. The number of hydrogen-bond acceptors (Lipinski definition) is 4. The van der Waals surface area contributed by atoms with Gasteiger partial charge in [-0.3, -0.25) is 9.10 Å². The van der Waals surface area contributed by atoms with Crippen molar-refractivity contribution >= 4 is 33.0 Å². The first-order chi connectivity index (χ1) is 14.7. The number of benzene rings is 2. The summed E-state index contributed by atoms with van der Waals surface area (Å²) in [5.41, 5.74) is 4.23. The van der Waals surface area contributed by atoms with E-state index in [2.05, 4.69) is 10.2 Å². The van der Waals surface area contributed by atoms with Crippen LogP contribution in [0.15, 0.2) is 42.5 Å². The molecule has 1 atom stereocenters. The molecule has 168 valence electrons. The van der Waals surface area contributed by atoms with E-state index in [4.69, 9.17) is 0 Å².